The van der Waals surface area contributed by atoms with Gasteiger partial charge in [-0.1, -0.05) is 29.3 Å². The number of nitrogens with zero attached hydrogens (tertiary/aromatic N) is 1. The first-order valence-corrected chi connectivity index (χ1v) is 5.60. The molecule has 1 N–H and O–H groups in total. The molecular formula is C11H13Cl2NO. The molecule has 1 aliphatic rings. The SMILES string of the molecule is CC1(O)CN(Cc2ccc(Cl)cc2Cl)C1. The van der Waals surface area contributed by atoms with E-state index in [1.165, 1.54) is 0 Å². The lowest BCUT2D eigenvalue weighted by molar-refractivity contribution is -0.0871. The van der Waals surface area contributed by atoms with Gasteiger partial charge in [0.15, 0.2) is 0 Å². The molecule has 4 heteroatoms. The Labute approximate surface area is 99.4 Å². The molecule has 0 amide bonds. The molecule has 2 nitrogen and oxygen atoms in total. The Kier molecular flexibility index (Phi) is 2.95. The number of benzene rings is 1. The van der Waals surface area contributed by atoms with Crippen molar-refractivity contribution in [2.75, 3.05) is 13.1 Å². The second-order valence-electron chi connectivity index (χ2n) is 4.38. The van der Waals surface area contributed by atoms with Crippen LogP contribution in [-0.4, -0.2) is 28.7 Å². The van der Waals surface area contributed by atoms with Gasteiger partial charge in [0, 0.05) is 29.7 Å². The number of likely N-dealkylation sites (tertiary alicyclic amines) is 1. The second-order valence-corrected chi connectivity index (χ2v) is 5.22. The lowest BCUT2D eigenvalue weighted by Gasteiger charge is -2.44. The predicted molar refractivity (Wildman–Crippen MR) is 62.4 cm³/mol. The Bertz CT molecular complexity index is 371. The van der Waals surface area contributed by atoms with Crippen molar-refractivity contribution in [3.63, 3.8) is 0 Å². The largest absolute Gasteiger partial charge is 0.388 e. The van der Waals surface area contributed by atoms with Crippen molar-refractivity contribution >= 4 is 23.2 Å². The third kappa shape index (κ3) is 2.64. The van der Waals surface area contributed by atoms with E-state index < -0.39 is 5.60 Å². The van der Waals surface area contributed by atoms with E-state index in [0.29, 0.717) is 23.1 Å². The van der Waals surface area contributed by atoms with Crippen LogP contribution in [0.5, 0.6) is 0 Å². The molecule has 0 saturated carbocycles. The molecule has 0 unspecified atom stereocenters. The summed E-state index contributed by atoms with van der Waals surface area (Å²) in [5.41, 5.74) is 0.524. The van der Waals surface area contributed by atoms with Gasteiger partial charge in [-0.15, -0.1) is 0 Å². The predicted octanol–water partition coefficient (Wildman–Crippen LogP) is 2.56. The number of halogens is 2. The fraction of sp³-hybridized carbons (Fsp3) is 0.455. The molecule has 1 aliphatic heterocycles. The molecule has 15 heavy (non-hydrogen) atoms. The third-order valence-corrected chi connectivity index (χ3v) is 3.12. The molecule has 1 aromatic carbocycles. The first-order valence-electron chi connectivity index (χ1n) is 4.85. The molecule has 0 radical (unpaired) electrons. The molecule has 1 heterocycles. The van der Waals surface area contributed by atoms with Gasteiger partial charge < -0.3 is 5.11 Å². The highest BCUT2D eigenvalue weighted by Gasteiger charge is 2.36. The van der Waals surface area contributed by atoms with E-state index >= 15 is 0 Å². The molecule has 0 aromatic heterocycles. The van der Waals surface area contributed by atoms with Gasteiger partial charge in [0.05, 0.1) is 5.60 Å². The first kappa shape index (κ1) is 11.2. The summed E-state index contributed by atoms with van der Waals surface area (Å²) in [6.45, 7) is 4.01. The highest BCUT2D eigenvalue weighted by atomic mass is 35.5. The molecule has 0 spiro atoms. The molecule has 1 fully saturated rings. The second kappa shape index (κ2) is 3.95. The van der Waals surface area contributed by atoms with Crippen LogP contribution in [0.15, 0.2) is 18.2 Å². The van der Waals surface area contributed by atoms with Crippen molar-refractivity contribution in [2.45, 2.75) is 19.1 Å². The van der Waals surface area contributed by atoms with E-state index in [1.807, 2.05) is 19.1 Å². The summed E-state index contributed by atoms with van der Waals surface area (Å²) in [6, 6.07) is 5.51. The highest BCUT2D eigenvalue weighted by molar-refractivity contribution is 6.35. The number of aliphatic hydroxyl groups is 1. The van der Waals surface area contributed by atoms with Crippen LogP contribution in [0.4, 0.5) is 0 Å². The normalized spacial score (nSPS) is 20.0. The summed E-state index contributed by atoms with van der Waals surface area (Å²) >= 11 is 11.9. The number of hydrogen-bond donors (Lipinski definition) is 1. The van der Waals surface area contributed by atoms with Gasteiger partial charge in [-0.2, -0.15) is 0 Å². The van der Waals surface area contributed by atoms with Gasteiger partial charge >= 0.3 is 0 Å². The minimum absolute atomic E-state index is 0.529. The molecule has 2 rings (SSSR count). The Balaban J connectivity index is 2.00. The minimum atomic E-state index is -0.529. The van der Waals surface area contributed by atoms with Crippen LogP contribution in [0, 0.1) is 0 Å². The monoisotopic (exact) mass is 245 g/mol. The summed E-state index contributed by atoms with van der Waals surface area (Å²) in [4.78, 5) is 2.15. The lowest BCUT2D eigenvalue weighted by Crippen LogP contribution is -2.59. The van der Waals surface area contributed by atoms with Crippen LogP contribution >= 0.6 is 23.2 Å². The van der Waals surface area contributed by atoms with Gasteiger partial charge in [0.25, 0.3) is 0 Å². The Morgan fingerprint density at radius 1 is 1.40 bits per heavy atom. The van der Waals surface area contributed by atoms with E-state index in [1.54, 1.807) is 6.07 Å². The lowest BCUT2D eigenvalue weighted by atomic mass is 9.96. The highest BCUT2D eigenvalue weighted by Crippen LogP contribution is 2.26. The van der Waals surface area contributed by atoms with E-state index in [2.05, 4.69) is 4.90 Å². The molecule has 82 valence electrons. The van der Waals surface area contributed by atoms with Gasteiger partial charge in [-0.25, -0.2) is 0 Å². The zero-order valence-electron chi connectivity index (χ0n) is 8.50. The van der Waals surface area contributed by atoms with Crippen molar-refractivity contribution in [1.29, 1.82) is 0 Å². The van der Waals surface area contributed by atoms with Crippen LogP contribution < -0.4 is 0 Å². The average Bonchev–Trinajstić information content (AvgIpc) is 2.06. The van der Waals surface area contributed by atoms with Crippen molar-refractivity contribution in [1.82, 2.24) is 4.90 Å². The van der Waals surface area contributed by atoms with E-state index in [9.17, 15) is 5.11 Å². The van der Waals surface area contributed by atoms with Crippen molar-refractivity contribution in [2.24, 2.45) is 0 Å². The smallest absolute Gasteiger partial charge is 0.0872 e. The van der Waals surface area contributed by atoms with Gasteiger partial charge in [0.1, 0.15) is 0 Å². The number of hydrogen-bond acceptors (Lipinski definition) is 2. The zero-order chi connectivity index (χ0) is 11.1. The first-order chi connectivity index (χ1) is 6.96. The molecule has 1 aromatic rings. The van der Waals surface area contributed by atoms with Crippen LogP contribution in [0.25, 0.3) is 0 Å². The van der Waals surface area contributed by atoms with Crippen molar-refractivity contribution < 1.29 is 5.11 Å². The summed E-state index contributed by atoms with van der Waals surface area (Å²) in [5.74, 6) is 0. The molecule has 1 saturated heterocycles. The summed E-state index contributed by atoms with van der Waals surface area (Å²) in [7, 11) is 0. The maximum absolute atomic E-state index is 9.58. The van der Waals surface area contributed by atoms with Crippen molar-refractivity contribution in [3.8, 4) is 0 Å². The molecule has 0 bridgehead atoms. The quantitative estimate of drug-likeness (QED) is 0.866. The zero-order valence-corrected chi connectivity index (χ0v) is 10.0. The van der Waals surface area contributed by atoms with Crippen LogP contribution in [0.2, 0.25) is 10.0 Å². The fourth-order valence-corrected chi connectivity index (χ4v) is 2.39. The van der Waals surface area contributed by atoms with Crippen LogP contribution in [-0.2, 0) is 6.54 Å². The maximum atomic E-state index is 9.58. The number of β-amino-alcohol motifs (C(OH)–C–C–N with tert-alkyl or cyclic N) is 1. The number of rotatable bonds is 2. The molecule has 0 atom stereocenters. The van der Waals surface area contributed by atoms with E-state index in [-0.39, 0.29) is 0 Å². The van der Waals surface area contributed by atoms with Gasteiger partial charge in [-0.3, -0.25) is 4.90 Å². The Morgan fingerprint density at radius 2 is 2.07 bits per heavy atom. The molecular weight excluding hydrogens is 233 g/mol. The summed E-state index contributed by atoms with van der Waals surface area (Å²) < 4.78 is 0. The standard InChI is InChI=1S/C11H13Cl2NO/c1-11(15)6-14(7-11)5-8-2-3-9(12)4-10(8)13/h2-4,15H,5-7H2,1H3. The van der Waals surface area contributed by atoms with Crippen LogP contribution in [0.1, 0.15) is 12.5 Å². The van der Waals surface area contributed by atoms with E-state index in [4.69, 9.17) is 23.2 Å². The summed E-state index contributed by atoms with van der Waals surface area (Å²) in [6.07, 6.45) is 0. The fourth-order valence-electron chi connectivity index (χ4n) is 1.92. The van der Waals surface area contributed by atoms with Crippen molar-refractivity contribution in [3.05, 3.63) is 33.8 Å². The summed E-state index contributed by atoms with van der Waals surface area (Å²) in [5, 5.41) is 10.9. The average molecular weight is 246 g/mol. The maximum Gasteiger partial charge on any atom is 0.0872 e. The van der Waals surface area contributed by atoms with E-state index in [0.717, 1.165) is 12.1 Å². The molecule has 0 aliphatic carbocycles. The topological polar surface area (TPSA) is 23.5 Å². The third-order valence-electron chi connectivity index (χ3n) is 2.54. The minimum Gasteiger partial charge on any atom is -0.388 e. The van der Waals surface area contributed by atoms with Gasteiger partial charge in [0.2, 0.25) is 0 Å². The van der Waals surface area contributed by atoms with Crippen LogP contribution in [0.3, 0.4) is 0 Å². The Morgan fingerprint density at radius 3 is 2.60 bits per heavy atom. The Hall–Kier alpha value is -0.280. The van der Waals surface area contributed by atoms with Gasteiger partial charge in [-0.05, 0) is 24.6 Å².